The Morgan fingerprint density at radius 3 is 2.56 bits per heavy atom. The van der Waals surface area contributed by atoms with Crippen molar-refractivity contribution in [2.75, 3.05) is 30.9 Å². The highest BCUT2D eigenvalue weighted by molar-refractivity contribution is 7.80. The van der Waals surface area contributed by atoms with E-state index in [1.165, 1.54) is 0 Å². The maximum Gasteiger partial charge on any atom is 0.259 e. The number of benzene rings is 2. The molecule has 144 valence electrons. The molecule has 0 radical (unpaired) electrons. The lowest BCUT2D eigenvalue weighted by atomic mass is 10.2. The van der Waals surface area contributed by atoms with Crippen LogP contribution in [0.5, 0.6) is 5.75 Å². The van der Waals surface area contributed by atoms with Gasteiger partial charge in [-0.25, -0.2) is 4.21 Å². The number of hydrogen-bond donors (Lipinski definition) is 3. The zero-order chi connectivity index (χ0) is 19.2. The predicted octanol–water partition coefficient (Wildman–Crippen LogP) is 2.29. The molecule has 1 fully saturated rings. The normalized spacial score (nSPS) is 16.6. The Morgan fingerprint density at radius 2 is 1.85 bits per heavy atom. The molecule has 1 saturated heterocycles. The third-order valence-electron chi connectivity index (χ3n) is 4.53. The van der Waals surface area contributed by atoms with Gasteiger partial charge in [-0.15, -0.1) is 0 Å². The maximum absolute atomic E-state index is 12.7. The molecule has 0 saturated carbocycles. The Bertz CT molecular complexity index is 813. The summed E-state index contributed by atoms with van der Waals surface area (Å²) >= 11 is -2.13. The summed E-state index contributed by atoms with van der Waals surface area (Å²) < 4.78 is 22.0. The van der Waals surface area contributed by atoms with Gasteiger partial charge in [-0.1, -0.05) is 12.1 Å². The molecule has 1 aliphatic rings. The number of nitrogens with zero attached hydrogens (tertiary/aromatic N) is 2. The van der Waals surface area contributed by atoms with Crippen LogP contribution in [0, 0.1) is 0 Å². The van der Waals surface area contributed by atoms with Crippen molar-refractivity contribution in [3.8, 4) is 5.75 Å². The number of aromatic hydroxyl groups is 1. The standard InChI is InChI=1S/C19H23N3O4S/c23-18-4-1-3-15(13-18)14-21-9-2-10-22(12-11-21)19(24)16-5-7-17(8-6-16)20-27(25)26/h1,3-8,13,20,23H,2,9-12,14H2,(H,25,26). The molecule has 2 aromatic rings. The molecular weight excluding hydrogens is 366 g/mol. The van der Waals surface area contributed by atoms with Crippen molar-refractivity contribution in [3.63, 3.8) is 0 Å². The van der Waals surface area contributed by atoms with E-state index in [0.29, 0.717) is 24.3 Å². The van der Waals surface area contributed by atoms with Gasteiger partial charge in [0.25, 0.3) is 17.2 Å². The van der Waals surface area contributed by atoms with Gasteiger partial charge in [0, 0.05) is 44.0 Å². The van der Waals surface area contributed by atoms with Gasteiger partial charge in [0.15, 0.2) is 0 Å². The Morgan fingerprint density at radius 1 is 1.07 bits per heavy atom. The molecule has 2 aromatic carbocycles. The van der Waals surface area contributed by atoms with Crippen LogP contribution in [0.3, 0.4) is 0 Å². The second-order valence-electron chi connectivity index (χ2n) is 6.52. The Hall–Kier alpha value is -2.42. The van der Waals surface area contributed by atoms with E-state index in [1.807, 2.05) is 17.0 Å². The van der Waals surface area contributed by atoms with E-state index in [9.17, 15) is 14.1 Å². The first kappa shape index (κ1) is 19.3. The van der Waals surface area contributed by atoms with Gasteiger partial charge in [-0.3, -0.25) is 19.0 Å². The van der Waals surface area contributed by atoms with Crippen LogP contribution in [-0.4, -0.2) is 55.8 Å². The number of rotatable bonds is 5. The third kappa shape index (κ3) is 5.53. The summed E-state index contributed by atoms with van der Waals surface area (Å²) in [5.74, 6) is 0.230. The molecule has 0 spiro atoms. The number of anilines is 1. The summed E-state index contributed by atoms with van der Waals surface area (Å²) in [7, 11) is 0. The van der Waals surface area contributed by atoms with Gasteiger partial charge >= 0.3 is 0 Å². The van der Waals surface area contributed by atoms with Gasteiger partial charge < -0.3 is 10.0 Å². The zero-order valence-corrected chi connectivity index (χ0v) is 15.7. The van der Waals surface area contributed by atoms with E-state index in [1.54, 1.807) is 36.4 Å². The van der Waals surface area contributed by atoms with Crippen LogP contribution in [0.2, 0.25) is 0 Å². The summed E-state index contributed by atoms with van der Waals surface area (Å²) in [5.41, 5.74) is 2.10. The third-order valence-corrected chi connectivity index (χ3v) is 4.94. The van der Waals surface area contributed by atoms with Crippen molar-refractivity contribution in [2.24, 2.45) is 0 Å². The molecule has 0 bridgehead atoms. The summed E-state index contributed by atoms with van der Waals surface area (Å²) in [6, 6.07) is 13.8. The van der Waals surface area contributed by atoms with E-state index in [0.717, 1.165) is 31.6 Å². The maximum atomic E-state index is 12.7. The SMILES string of the molecule is O=C(c1ccc(NS(=O)O)cc1)N1CCCN(Cc2cccc(O)c2)CC1. The molecular formula is C19H23N3O4S. The van der Waals surface area contributed by atoms with Gasteiger partial charge in [0.2, 0.25) is 0 Å². The highest BCUT2D eigenvalue weighted by Crippen LogP contribution is 2.16. The monoisotopic (exact) mass is 389 g/mol. The van der Waals surface area contributed by atoms with E-state index >= 15 is 0 Å². The number of phenolic OH excluding ortho intramolecular Hbond substituents is 1. The van der Waals surface area contributed by atoms with Gasteiger partial charge in [0.05, 0.1) is 0 Å². The van der Waals surface area contributed by atoms with Crippen LogP contribution in [0.25, 0.3) is 0 Å². The average molecular weight is 389 g/mol. The number of carbonyl (C=O) groups is 1. The zero-order valence-electron chi connectivity index (χ0n) is 14.9. The molecule has 1 amide bonds. The highest BCUT2D eigenvalue weighted by atomic mass is 32.2. The minimum absolute atomic E-state index is 0.0362. The molecule has 1 unspecified atom stereocenters. The molecule has 0 aliphatic carbocycles. The van der Waals surface area contributed by atoms with Crippen LogP contribution >= 0.6 is 0 Å². The number of carbonyl (C=O) groups excluding carboxylic acids is 1. The van der Waals surface area contributed by atoms with Crippen LogP contribution in [0.15, 0.2) is 48.5 Å². The average Bonchev–Trinajstić information content (AvgIpc) is 2.87. The van der Waals surface area contributed by atoms with Crippen molar-refractivity contribution in [1.29, 1.82) is 0 Å². The Kier molecular flexibility index (Phi) is 6.44. The predicted molar refractivity (Wildman–Crippen MR) is 105 cm³/mol. The summed E-state index contributed by atoms with van der Waals surface area (Å²) in [6.07, 6.45) is 0.883. The quantitative estimate of drug-likeness (QED) is 0.683. The molecule has 1 atom stereocenters. The fraction of sp³-hybridized carbons (Fsp3) is 0.316. The van der Waals surface area contributed by atoms with Gasteiger partial charge in [-0.2, -0.15) is 0 Å². The fourth-order valence-corrected chi connectivity index (χ4v) is 3.55. The molecule has 27 heavy (non-hydrogen) atoms. The van der Waals surface area contributed by atoms with Crippen LogP contribution < -0.4 is 4.72 Å². The highest BCUT2D eigenvalue weighted by Gasteiger charge is 2.20. The molecule has 1 aliphatic heterocycles. The first-order valence-corrected chi connectivity index (χ1v) is 9.89. The summed E-state index contributed by atoms with van der Waals surface area (Å²) in [6.45, 7) is 3.73. The topological polar surface area (TPSA) is 93.1 Å². The van der Waals surface area contributed by atoms with E-state index in [2.05, 4.69) is 9.62 Å². The van der Waals surface area contributed by atoms with E-state index < -0.39 is 11.3 Å². The second-order valence-corrected chi connectivity index (χ2v) is 7.22. The van der Waals surface area contributed by atoms with Crippen molar-refractivity contribution in [1.82, 2.24) is 9.80 Å². The van der Waals surface area contributed by atoms with Crippen molar-refractivity contribution in [3.05, 3.63) is 59.7 Å². The molecule has 0 aromatic heterocycles. The van der Waals surface area contributed by atoms with E-state index in [-0.39, 0.29) is 11.7 Å². The number of amides is 1. The Labute approximate surface area is 161 Å². The van der Waals surface area contributed by atoms with Crippen LogP contribution in [0.4, 0.5) is 5.69 Å². The first-order chi connectivity index (χ1) is 13.0. The number of phenols is 1. The molecule has 3 rings (SSSR count). The lowest BCUT2D eigenvalue weighted by molar-refractivity contribution is 0.0761. The second kappa shape index (κ2) is 8.98. The lowest BCUT2D eigenvalue weighted by Gasteiger charge is -2.22. The number of hydrogen-bond acceptors (Lipinski definition) is 4. The summed E-state index contributed by atoms with van der Waals surface area (Å²) in [4.78, 5) is 16.9. The van der Waals surface area contributed by atoms with Gasteiger partial charge in [0.1, 0.15) is 5.75 Å². The summed E-state index contributed by atoms with van der Waals surface area (Å²) in [5, 5.41) is 9.60. The molecule has 7 nitrogen and oxygen atoms in total. The molecule has 1 heterocycles. The van der Waals surface area contributed by atoms with Crippen LogP contribution in [0.1, 0.15) is 22.3 Å². The van der Waals surface area contributed by atoms with Crippen molar-refractivity contribution >= 4 is 22.9 Å². The minimum Gasteiger partial charge on any atom is -0.508 e. The largest absolute Gasteiger partial charge is 0.508 e. The van der Waals surface area contributed by atoms with Crippen molar-refractivity contribution < 1.29 is 18.7 Å². The molecule has 8 heteroatoms. The van der Waals surface area contributed by atoms with Gasteiger partial charge in [-0.05, 0) is 48.4 Å². The minimum atomic E-state index is -2.13. The number of nitrogens with one attached hydrogen (secondary N) is 1. The lowest BCUT2D eigenvalue weighted by Crippen LogP contribution is -2.35. The smallest absolute Gasteiger partial charge is 0.259 e. The van der Waals surface area contributed by atoms with E-state index in [4.69, 9.17) is 4.55 Å². The molecule has 3 N–H and O–H groups in total. The van der Waals surface area contributed by atoms with Crippen LogP contribution in [-0.2, 0) is 17.8 Å². The first-order valence-electron chi connectivity index (χ1n) is 8.78. The van der Waals surface area contributed by atoms with Crippen molar-refractivity contribution in [2.45, 2.75) is 13.0 Å². The Balaban J connectivity index is 1.58. The fourth-order valence-electron chi connectivity index (χ4n) is 3.21.